The van der Waals surface area contributed by atoms with Crippen LogP contribution < -0.4 is 0 Å². The first-order valence-electron chi connectivity index (χ1n) is 2.15. The Bertz CT molecular complexity index is 210. The van der Waals surface area contributed by atoms with Crippen LogP contribution in [0.15, 0.2) is 0 Å². The average molecular weight is 240 g/mol. The molecule has 0 aliphatic carbocycles. The third kappa shape index (κ3) is 5.05. The van der Waals surface area contributed by atoms with Crippen molar-refractivity contribution >= 4 is 40.4 Å². The summed E-state index contributed by atoms with van der Waals surface area (Å²) in [5.74, 6) is 0. The summed E-state index contributed by atoms with van der Waals surface area (Å²) in [4.78, 5) is 0. The third-order valence-corrected chi connectivity index (χ3v) is 1.42. The average Bonchev–Trinajstić information content (AvgIpc) is 1.49. The normalized spacial score (nSPS) is 13.2. The molecular weight excluding hydrogens is 239 g/mol. The molecule has 0 saturated carbocycles. The first-order chi connectivity index (χ1) is 5.07. The Morgan fingerprint density at radius 1 is 0.846 bits per heavy atom. The van der Waals surface area contributed by atoms with Gasteiger partial charge >= 0.3 is 12.6 Å². The molecule has 0 aliphatic heterocycles. The van der Waals surface area contributed by atoms with Gasteiger partial charge < -0.3 is 0 Å². The fourth-order valence-corrected chi connectivity index (χ4v) is 0.699. The Kier molecular flexibility index (Phi) is 5.91. The molecule has 0 bridgehead atoms. The van der Waals surface area contributed by atoms with E-state index in [1.807, 2.05) is 0 Å². The summed E-state index contributed by atoms with van der Waals surface area (Å²) in [6, 6.07) is 0. The van der Waals surface area contributed by atoms with Crippen LogP contribution in [0.25, 0.3) is 0 Å². The van der Waals surface area contributed by atoms with Crippen molar-refractivity contribution in [1.29, 1.82) is 0 Å². The monoisotopic (exact) mass is 240 g/mol. The van der Waals surface area contributed by atoms with Gasteiger partial charge in [-0.2, -0.15) is 26.3 Å². The number of hydrogen-bond donors (Lipinski definition) is 1. The molecule has 0 aromatic heterocycles. The van der Waals surface area contributed by atoms with Crippen LogP contribution in [0, 0.1) is 0 Å². The standard InChI is InChI=1S/C2HF6NO2S.Na/c3-1(4,5)9(12(10)11)2(6,7)8;/h12H;. The smallest absolute Gasteiger partial charge is 0.215 e. The number of rotatable bonds is 1. The molecule has 0 rings (SSSR count). The van der Waals surface area contributed by atoms with Gasteiger partial charge in [0.05, 0.1) is 0 Å². The summed E-state index contributed by atoms with van der Waals surface area (Å²) in [5.41, 5.74) is 0. The molecule has 0 saturated heterocycles. The van der Waals surface area contributed by atoms with Crippen LogP contribution in [0.1, 0.15) is 0 Å². The van der Waals surface area contributed by atoms with Crippen LogP contribution in [0.2, 0.25) is 0 Å². The molecule has 0 N–H and O–H groups in total. The maximum absolute atomic E-state index is 11.3. The van der Waals surface area contributed by atoms with Gasteiger partial charge in [-0.1, -0.05) is 0 Å². The Labute approximate surface area is 92.1 Å². The number of hydrogen-bond acceptors (Lipinski definition) is 2. The molecule has 1 radical (unpaired) electrons. The van der Waals surface area contributed by atoms with Crippen molar-refractivity contribution in [1.82, 2.24) is 4.31 Å². The SMILES string of the molecule is O=[SH](=O)N(C(F)(F)F)C(F)(F)F.[Na]. The molecule has 3 nitrogen and oxygen atoms in total. The zero-order valence-electron chi connectivity index (χ0n) is 5.98. The van der Waals surface area contributed by atoms with Crippen molar-refractivity contribution in [2.75, 3.05) is 0 Å². The van der Waals surface area contributed by atoms with Crippen molar-refractivity contribution in [3.63, 3.8) is 0 Å². The van der Waals surface area contributed by atoms with E-state index in [0.29, 0.717) is 0 Å². The minimum Gasteiger partial charge on any atom is -0.215 e. The van der Waals surface area contributed by atoms with E-state index in [1.54, 1.807) is 0 Å². The largest absolute Gasteiger partial charge is 0.480 e. The van der Waals surface area contributed by atoms with E-state index < -0.39 is 27.8 Å². The van der Waals surface area contributed by atoms with Gasteiger partial charge in [-0.05, 0) is 4.31 Å². The van der Waals surface area contributed by atoms with Crippen molar-refractivity contribution < 1.29 is 34.8 Å². The first kappa shape index (κ1) is 15.9. The first-order valence-corrected chi connectivity index (χ1v) is 3.28. The van der Waals surface area contributed by atoms with Gasteiger partial charge in [-0.25, -0.2) is 8.42 Å². The topological polar surface area (TPSA) is 37.4 Å². The van der Waals surface area contributed by atoms with Crippen molar-refractivity contribution in [2.45, 2.75) is 12.6 Å². The zero-order valence-corrected chi connectivity index (χ0v) is 8.87. The van der Waals surface area contributed by atoms with E-state index in [-0.39, 0.29) is 29.6 Å². The Morgan fingerprint density at radius 3 is 1.08 bits per heavy atom. The molecule has 0 unspecified atom stereocenters. The van der Waals surface area contributed by atoms with E-state index in [0.717, 1.165) is 0 Å². The minimum absolute atomic E-state index is 0. The Morgan fingerprint density at radius 2 is 1.08 bits per heavy atom. The predicted octanol–water partition coefficient (Wildman–Crippen LogP) is 0.474. The maximum atomic E-state index is 11.3. The second-order valence-electron chi connectivity index (χ2n) is 1.49. The van der Waals surface area contributed by atoms with Crippen LogP contribution in [-0.2, 0) is 10.9 Å². The number of alkyl halides is 6. The molecule has 75 valence electrons. The van der Waals surface area contributed by atoms with E-state index >= 15 is 0 Å². The zero-order chi connectivity index (χ0) is 10.2. The van der Waals surface area contributed by atoms with E-state index in [4.69, 9.17) is 0 Å². The summed E-state index contributed by atoms with van der Waals surface area (Å²) in [7, 11) is -4.76. The van der Waals surface area contributed by atoms with Gasteiger partial charge in [0.25, 0.3) is 0 Å². The summed E-state index contributed by atoms with van der Waals surface area (Å²) >= 11 is 0. The fraction of sp³-hybridized carbons (Fsp3) is 1.00. The molecule has 11 heteroatoms. The summed E-state index contributed by atoms with van der Waals surface area (Å²) in [6.45, 7) is 0. The second-order valence-corrected chi connectivity index (χ2v) is 2.36. The van der Waals surface area contributed by atoms with Crippen LogP contribution >= 0.6 is 0 Å². The molecule has 0 spiro atoms. The molecule has 13 heavy (non-hydrogen) atoms. The Balaban J connectivity index is 0. The van der Waals surface area contributed by atoms with Gasteiger partial charge in [-0.15, -0.1) is 0 Å². The van der Waals surface area contributed by atoms with Crippen LogP contribution in [0.4, 0.5) is 26.3 Å². The molecule has 0 atom stereocenters. The van der Waals surface area contributed by atoms with Gasteiger partial charge in [0.1, 0.15) is 0 Å². The molecule has 0 amide bonds. The minimum atomic E-state index is -5.96. The number of thiol groups is 1. The van der Waals surface area contributed by atoms with Crippen molar-refractivity contribution in [3.05, 3.63) is 0 Å². The molecule has 0 aromatic rings. The summed E-state index contributed by atoms with van der Waals surface area (Å²) in [6.07, 6.45) is -11.9. The predicted molar refractivity (Wildman–Crippen MR) is 30.0 cm³/mol. The van der Waals surface area contributed by atoms with Crippen LogP contribution in [0.5, 0.6) is 0 Å². The van der Waals surface area contributed by atoms with Crippen molar-refractivity contribution in [3.8, 4) is 0 Å². The van der Waals surface area contributed by atoms with Crippen LogP contribution in [-0.4, -0.2) is 54.9 Å². The molecule has 0 aromatic carbocycles. The van der Waals surface area contributed by atoms with E-state index in [2.05, 4.69) is 0 Å². The van der Waals surface area contributed by atoms with Gasteiger partial charge in [-0.3, -0.25) is 0 Å². The number of halogens is 6. The van der Waals surface area contributed by atoms with Gasteiger partial charge in [0, 0.05) is 29.6 Å². The molecule has 0 heterocycles. The van der Waals surface area contributed by atoms with Crippen molar-refractivity contribution in [2.24, 2.45) is 0 Å². The summed E-state index contributed by atoms with van der Waals surface area (Å²) < 4.78 is 84.3. The Hall–Kier alpha value is 0.490. The van der Waals surface area contributed by atoms with E-state index in [9.17, 15) is 34.8 Å². The number of nitrogens with zero attached hydrogens (tertiary/aromatic N) is 1. The second kappa shape index (κ2) is 4.82. The fourth-order valence-electron chi connectivity index (χ4n) is 0.329. The van der Waals surface area contributed by atoms with Gasteiger partial charge in [0.2, 0.25) is 10.9 Å². The molecule has 0 fully saturated rings. The maximum Gasteiger partial charge on any atom is 0.480 e. The summed E-state index contributed by atoms with van der Waals surface area (Å²) in [5, 5.41) is 0. The molecular formula is C2HF6NNaO2S. The van der Waals surface area contributed by atoms with Crippen LogP contribution in [0.3, 0.4) is 0 Å². The van der Waals surface area contributed by atoms with Gasteiger partial charge in [0.15, 0.2) is 0 Å². The van der Waals surface area contributed by atoms with E-state index in [1.165, 1.54) is 0 Å². The quantitative estimate of drug-likeness (QED) is 0.313. The third-order valence-electron chi connectivity index (χ3n) is 0.644. The molecule has 0 aliphatic rings.